The van der Waals surface area contributed by atoms with E-state index in [2.05, 4.69) is 22.6 Å². The van der Waals surface area contributed by atoms with Crippen molar-refractivity contribution in [1.29, 1.82) is 0 Å². The summed E-state index contributed by atoms with van der Waals surface area (Å²) in [5.74, 6) is 0. The molecule has 1 aromatic heterocycles. The molecule has 0 aliphatic carbocycles. The van der Waals surface area contributed by atoms with Crippen LogP contribution in [0.25, 0.3) is 0 Å². The number of hydrogen-bond donors (Lipinski definition) is 1. The number of ether oxygens (including phenoxy) is 1. The van der Waals surface area contributed by atoms with Crippen LogP contribution in [0.15, 0.2) is 5.38 Å². The predicted octanol–water partition coefficient (Wildman–Crippen LogP) is 2.30. The lowest BCUT2D eigenvalue weighted by atomic mass is 10.1. The van der Waals surface area contributed by atoms with E-state index >= 15 is 0 Å². The van der Waals surface area contributed by atoms with Crippen molar-refractivity contribution in [2.24, 2.45) is 0 Å². The van der Waals surface area contributed by atoms with E-state index in [-0.39, 0.29) is 0 Å². The van der Waals surface area contributed by atoms with Crippen LogP contribution >= 0.6 is 11.3 Å². The first-order valence-corrected chi connectivity index (χ1v) is 6.05. The van der Waals surface area contributed by atoms with Gasteiger partial charge in [-0.1, -0.05) is 6.92 Å². The summed E-state index contributed by atoms with van der Waals surface area (Å²) in [6.07, 6.45) is 3.37. The van der Waals surface area contributed by atoms with Gasteiger partial charge in [-0.2, -0.15) is 0 Å². The predicted molar refractivity (Wildman–Crippen MR) is 59.0 cm³/mol. The number of hydrogen-bond acceptors (Lipinski definition) is 4. The Bertz CT molecular complexity index is 281. The molecule has 2 rings (SSSR count). The zero-order chi connectivity index (χ0) is 9.80. The van der Waals surface area contributed by atoms with E-state index in [1.54, 1.807) is 11.3 Å². The smallest absolute Gasteiger partial charge is 0.183 e. The molecule has 0 bridgehead atoms. The number of aromatic nitrogens is 1. The van der Waals surface area contributed by atoms with Crippen LogP contribution in [-0.2, 0) is 11.2 Å². The molecule has 0 aromatic carbocycles. The molecule has 1 fully saturated rings. The maximum Gasteiger partial charge on any atom is 0.183 e. The van der Waals surface area contributed by atoms with Gasteiger partial charge < -0.3 is 10.1 Å². The summed E-state index contributed by atoms with van der Waals surface area (Å²) in [7, 11) is 0. The highest BCUT2D eigenvalue weighted by molar-refractivity contribution is 7.13. The first kappa shape index (κ1) is 9.93. The van der Waals surface area contributed by atoms with E-state index in [0.717, 1.165) is 31.2 Å². The molecule has 1 unspecified atom stereocenters. The Morgan fingerprint density at radius 2 is 2.64 bits per heavy atom. The lowest BCUT2D eigenvalue weighted by molar-refractivity contribution is 0.0876. The van der Waals surface area contributed by atoms with E-state index in [4.69, 9.17) is 4.74 Å². The molecule has 0 amide bonds. The molecule has 1 aliphatic rings. The summed E-state index contributed by atoms with van der Waals surface area (Å²) in [5.41, 5.74) is 1.18. The molecule has 2 heterocycles. The molecule has 14 heavy (non-hydrogen) atoms. The van der Waals surface area contributed by atoms with Crippen molar-refractivity contribution < 1.29 is 4.74 Å². The standard InChI is InChI=1S/C10H16N2OS/c1-2-8-7-14-10(11-8)12-9-4-3-5-13-6-9/h7,9H,2-6H2,1H3,(H,11,12). The van der Waals surface area contributed by atoms with Gasteiger partial charge in [0.2, 0.25) is 0 Å². The highest BCUT2D eigenvalue weighted by Crippen LogP contribution is 2.19. The van der Waals surface area contributed by atoms with Crippen molar-refractivity contribution >= 4 is 16.5 Å². The average molecular weight is 212 g/mol. The van der Waals surface area contributed by atoms with Gasteiger partial charge >= 0.3 is 0 Å². The molecule has 4 heteroatoms. The van der Waals surface area contributed by atoms with E-state index in [1.165, 1.54) is 12.1 Å². The second-order valence-electron chi connectivity index (χ2n) is 3.56. The van der Waals surface area contributed by atoms with E-state index in [9.17, 15) is 0 Å². The van der Waals surface area contributed by atoms with Crippen LogP contribution in [0, 0.1) is 0 Å². The Morgan fingerprint density at radius 3 is 3.29 bits per heavy atom. The van der Waals surface area contributed by atoms with Crippen molar-refractivity contribution in [2.75, 3.05) is 18.5 Å². The van der Waals surface area contributed by atoms with Gasteiger partial charge in [0.25, 0.3) is 0 Å². The Labute approximate surface area is 88.5 Å². The third-order valence-corrected chi connectivity index (χ3v) is 3.22. The number of rotatable bonds is 3. The SMILES string of the molecule is CCc1csc(NC2CCCOC2)n1. The summed E-state index contributed by atoms with van der Waals surface area (Å²) in [6, 6.07) is 0.458. The number of thiazole rings is 1. The molecular weight excluding hydrogens is 196 g/mol. The summed E-state index contributed by atoms with van der Waals surface area (Å²) in [6.45, 7) is 3.86. The fourth-order valence-corrected chi connectivity index (χ4v) is 2.44. The average Bonchev–Trinajstić information content (AvgIpc) is 2.67. The number of nitrogens with one attached hydrogen (secondary N) is 1. The zero-order valence-corrected chi connectivity index (χ0v) is 9.27. The minimum absolute atomic E-state index is 0.458. The van der Waals surface area contributed by atoms with Crippen molar-refractivity contribution in [3.05, 3.63) is 11.1 Å². The van der Waals surface area contributed by atoms with Gasteiger partial charge in [0.1, 0.15) is 0 Å². The van der Waals surface area contributed by atoms with Gasteiger partial charge in [-0.3, -0.25) is 0 Å². The Hall–Kier alpha value is -0.610. The number of aryl methyl sites for hydroxylation is 1. The third kappa shape index (κ3) is 2.45. The maximum atomic E-state index is 5.40. The van der Waals surface area contributed by atoms with Gasteiger partial charge in [-0.15, -0.1) is 11.3 Å². The molecule has 0 spiro atoms. The van der Waals surface area contributed by atoms with E-state index < -0.39 is 0 Å². The molecule has 1 saturated heterocycles. The molecule has 0 radical (unpaired) electrons. The highest BCUT2D eigenvalue weighted by atomic mass is 32.1. The van der Waals surface area contributed by atoms with Gasteiger partial charge in [0.05, 0.1) is 18.3 Å². The topological polar surface area (TPSA) is 34.1 Å². The number of anilines is 1. The maximum absolute atomic E-state index is 5.40. The monoisotopic (exact) mass is 212 g/mol. The molecule has 3 nitrogen and oxygen atoms in total. The first-order chi connectivity index (χ1) is 6.88. The fraction of sp³-hybridized carbons (Fsp3) is 0.700. The third-order valence-electron chi connectivity index (χ3n) is 2.40. The van der Waals surface area contributed by atoms with Crippen LogP contribution in [0.4, 0.5) is 5.13 Å². The lowest BCUT2D eigenvalue weighted by Gasteiger charge is -2.22. The van der Waals surface area contributed by atoms with Gasteiger partial charge in [-0.05, 0) is 19.3 Å². The van der Waals surface area contributed by atoms with Crippen molar-refractivity contribution in [2.45, 2.75) is 32.2 Å². The summed E-state index contributed by atoms with van der Waals surface area (Å²) >= 11 is 1.69. The van der Waals surface area contributed by atoms with Gasteiger partial charge in [0.15, 0.2) is 5.13 Å². The normalized spacial score (nSPS) is 22.2. The van der Waals surface area contributed by atoms with Crippen LogP contribution in [0.3, 0.4) is 0 Å². The largest absolute Gasteiger partial charge is 0.379 e. The molecule has 78 valence electrons. The summed E-state index contributed by atoms with van der Waals surface area (Å²) < 4.78 is 5.40. The van der Waals surface area contributed by atoms with Crippen molar-refractivity contribution in [1.82, 2.24) is 4.98 Å². The second-order valence-corrected chi connectivity index (χ2v) is 4.41. The van der Waals surface area contributed by atoms with E-state index in [0.29, 0.717) is 6.04 Å². The van der Waals surface area contributed by atoms with E-state index in [1.807, 2.05) is 0 Å². The minimum atomic E-state index is 0.458. The van der Waals surface area contributed by atoms with Gasteiger partial charge in [-0.25, -0.2) is 4.98 Å². The molecule has 1 aliphatic heterocycles. The second kappa shape index (κ2) is 4.75. The fourth-order valence-electron chi connectivity index (χ4n) is 1.56. The molecular formula is C10H16N2OS. The zero-order valence-electron chi connectivity index (χ0n) is 8.45. The molecule has 1 atom stereocenters. The Morgan fingerprint density at radius 1 is 1.71 bits per heavy atom. The summed E-state index contributed by atoms with van der Waals surface area (Å²) in [5, 5.41) is 6.57. The van der Waals surface area contributed by atoms with Crippen LogP contribution in [0.5, 0.6) is 0 Å². The molecule has 0 saturated carbocycles. The van der Waals surface area contributed by atoms with Crippen molar-refractivity contribution in [3.63, 3.8) is 0 Å². The number of nitrogens with zero attached hydrogens (tertiary/aromatic N) is 1. The van der Waals surface area contributed by atoms with Crippen LogP contribution in [0.1, 0.15) is 25.5 Å². The highest BCUT2D eigenvalue weighted by Gasteiger charge is 2.14. The quantitative estimate of drug-likeness (QED) is 0.834. The van der Waals surface area contributed by atoms with Crippen molar-refractivity contribution in [3.8, 4) is 0 Å². The Kier molecular flexibility index (Phi) is 3.37. The van der Waals surface area contributed by atoms with Gasteiger partial charge in [0, 0.05) is 12.0 Å². The molecule has 1 aromatic rings. The molecule has 1 N–H and O–H groups in total. The minimum Gasteiger partial charge on any atom is -0.379 e. The van der Waals surface area contributed by atoms with Crippen LogP contribution < -0.4 is 5.32 Å². The summed E-state index contributed by atoms with van der Waals surface area (Å²) in [4.78, 5) is 4.47. The lowest BCUT2D eigenvalue weighted by Crippen LogP contribution is -2.29. The van der Waals surface area contributed by atoms with Crippen LogP contribution in [-0.4, -0.2) is 24.2 Å². The first-order valence-electron chi connectivity index (χ1n) is 5.17. The Balaban J connectivity index is 1.89. The van der Waals surface area contributed by atoms with Crippen LogP contribution in [0.2, 0.25) is 0 Å².